The highest BCUT2D eigenvalue weighted by atomic mass is 16.5. The minimum Gasteiger partial charge on any atom is -0.377 e. The quantitative estimate of drug-likeness (QED) is 0.713. The molecule has 0 aliphatic carbocycles. The van der Waals surface area contributed by atoms with Gasteiger partial charge in [0.05, 0.1) is 25.2 Å². The summed E-state index contributed by atoms with van der Waals surface area (Å²) in [4.78, 5) is 14.4. The fraction of sp³-hybridized carbons (Fsp3) is 0.917. The average molecular weight is 226 g/mol. The van der Waals surface area contributed by atoms with Gasteiger partial charge in [-0.05, 0) is 33.2 Å². The molecule has 16 heavy (non-hydrogen) atoms. The largest absolute Gasteiger partial charge is 0.377 e. The summed E-state index contributed by atoms with van der Waals surface area (Å²) in [6, 6.07) is 0.548. The molecule has 4 nitrogen and oxygen atoms in total. The number of morpholine rings is 1. The average Bonchev–Trinajstić information content (AvgIpc) is 2.29. The molecule has 2 heterocycles. The maximum Gasteiger partial charge on any atom is 0.227 e. The Morgan fingerprint density at radius 1 is 1.44 bits per heavy atom. The normalized spacial score (nSPS) is 36.1. The van der Waals surface area contributed by atoms with Gasteiger partial charge in [0.1, 0.15) is 0 Å². The maximum atomic E-state index is 12.4. The maximum absolute atomic E-state index is 12.4. The van der Waals surface area contributed by atoms with Crippen LogP contribution in [0.5, 0.6) is 0 Å². The first-order valence-corrected chi connectivity index (χ1v) is 6.31. The number of carbonyl (C=O) groups is 1. The van der Waals surface area contributed by atoms with Crippen molar-refractivity contribution in [3.63, 3.8) is 0 Å². The molecule has 3 atom stereocenters. The van der Waals surface area contributed by atoms with Gasteiger partial charge in [-0.15, -0.1) is 0 Å². The summed E-state index contributed by atoms with van der Waals surface area (Å²) in [5.41, 5.74) is 0. The topological polar surface area (TPSA) is 41.6 Å². The van der Waals surface area contributed by atoms with E-state index < -0.39 is 0 Å². The lowest BCUT2D eigenvalue weighted by atomic mass is 9.90. The van der Waals surface area contributed by atoms with E-state index in [9.17, 15) is 4.79 Å². The molecule has 0 aromatic carbocycles. The predicted molar refractivity (Wildman–Crippen MR) is 62.2 cm³/mol. The lowest BCUT2D eigenvalue weighted by Gasteiger charge is -2.38. The number of rotatable bonds is 1. The number of ether oxygens (including phenoxy) is 1. The number of amides is 1. The molecule has 2 fully saturated rings. The Labute approximate surface area is 97.3 Å². The zero-order chi connectivity index (χ0) is 11.5. The molecule has 2 aliphatic heterocycles. The SMILES string of the molecule is CC1NCCCC1C(=O)N1CCOCC1C. The van der Waals surface area contributed by atoms with Gasteiger partial charge in [-0.25, -0.2) is 0 Å². The predicted octanol–water partition coefficient (Wildman–Crippen LogP) is 0.622. The highest BCUT2D eigenvalue weighted by molar-refractivity contribution is 5.80. The second kappa shape index (κ2) is 5.15. The van der Waals surface area contributed by atoms with E-state index in [1.54, 1.807) is 0 Å². The molecule has 0 aromatic rings. The van der Waals surface area contributed by atoms with Crippen LogP contribution < -0.4 is 5.32 Å². The third-order valence-electron chi connectivity index (χ3n) is 3.73. The summed E-state index contributed by atoms with van der Waals surface area (Å²) in [6.07, 6.45) is 2.14. The highest BCUT2D eigenvalue weighted by Gasteiger charge is 2.33. The van der Waals surface area contributed by atoms with Gasteiger partial charge in [-0.2, -0.15) is 0 Å². The number of carbonyl (C=O) groups excluding carboxylic acids is 1. The third kappa shape index (κ3) is 2.38. The number of hydrogen-bond donors (Lipinski definition) is 1. The summed E-state index contributed by atoms with van der Waals surface area (Å²) in [5, 5.41) is 3.39. The van der Waals surface area contributed by atoms with Gasteiger partial charge >= 0.3 is 0 Å². The van der Waals surface area contributed by atoms with Gasteiger partial charge in [-0.1, -0.05) is 0 Å². The third-order valence-corrected chi connectivity index (χ3v) is 3.73. The molecule has 0 radical (unpaired) electrons. The summed E-state index contributed by atoms with van der Waals surface area (Å²) < 4.78 is 5.37. The van der Waals surface area contributed by atoms with Crippen LogP contribution in [0.4, 0.5) is 0 Å². The molecule has 0 saturated carbocycles. The van der Waals surface area contributed by atoms with E-state index in [0.717, 1.165) is 25.9 Å². The Kier molecular flexibility index (Phi) is 3.82. The first-order valence-electron chi connectivity index (χ1n) is 6.31. The molecule has 0 aromatic heterocycles. The Hall–Kier alpha value is -0.610. The Morgan fingerprint density at radius 3 is 2.94 bits per heavy atom. The first kappa shape index (κ1) is 11.9. The van der Waals surface area contributed by atoms with Gasteiger partial charge in [0.15, 0.2) is 0 Å². The van der Waals surface area contributed by atoms with Crippen molar-refractivity contribution >= 4 is 5.91 Å². The van der Waals surface area contributed by atoms with Crippen molar-refractivity contribution in [2.75, 3.05) is 26.3 Å². The van der Waals surface area contributed by atoms with E-state index >= 15 is 0 Å². The van der Waals surface area contributed by atoms with Crippen LogP contribution in [0.3, 0.4) is 0 Å². The monoisotopic (exact) mass is 226 g/mol. The molecule has 0 spiro atoms. The van der Waals surface area contributed by atoms with Crippen LogP contribution in [0.1, 0.15) is 26.7 Å². The first-order chi connectivity index (χ1) is 7.70. The van der Waals surface area contributed by atoms with E-state index in [-0.39, 0.29) is 12.0 Å². The Bertz CT molecular complexity index is 233. The van der Waals surface area contributed by atoms with E-state index in [2.05, 4.69) is 19.2 Å². The number of piperidine rings is 1. The number of hydrogen-bond acceptors (Lipinski definition) is 3. The van der Waals surface area contributed by atoms with Gasteiger partial charge < -0.3 is 15.0 Å². The second-order valence-corrected chi connectivity index (χ2v) is 4.95. The van der Waals surface area contributed by atoms with Crippen LogP contribution in [0.25, 0.3) is 0 Å². The van der Waals surface area contributed by atoms with Crippen molar-refractivity contribution in [1.29, 1.82) is 0 Å². The van der Waals surface area contributed by atoms with Gasteiger partial charge in [0.2, 0.25) is 5.91 Å². The molecule has 3 unspecified atom stereocenters. The molecular weight excluding hydrogens is 204 g/mol. The lowest BCUT2D eigenvalue weighted by molar-refractivity contribution is -0.145. The standard InChI is InChI=1S/C12H22N2O2/c1-9-8-16-7-6-14(9)12(15)11-4-3-5-13-10(11)2/h9-11,13H,3-8H2,1-2H3. The van der Waals surface area contributed by atoms with Gasteiger partial charge in [0, 0.05) is 12.6 Å². The van der Waals surface area contributed by atoms with Crippen LogP contribution in [-0.4, -0.2) is 49.2 Å². The molecule has 92 valence electrons. The van der Waals surface area contributed by atoms with Crippen LogP contribution in [-0.2, 0) is 9.53 Å². The molecule has 0 bridgehead atoms. The highest BCUT2D eigenvalue weighted by Crippen LogP contribution is 2.21. The minimum absolute atomic E-state index is 0.161. The molecule has 1 N–H and O–H groups in total. The summed E-state index contributed by atoms with van der Waals surface area (Å²) >= 11 is 0. The van der Waals surface area contributed by atoms with Crippen molar-refractivity contribution in [1.82, 2.24) is 10.2 Å². The Morgan fingerprint density at radius 2 is 2.25 bits per heavy atom. The summed E-state index contributed by atoms with van der Waals surface area (Å²) in [6.45, 7) is 7.35. The Balaban J connectivity index is 1.99. The molecule has 2 saturated heterocycles. The number of nitrogens with zero attached hydrogens (tertiary/aromatic N) is 1. The summed E-state index contributed by atoms with van der Waals surface area (Å²) in [5.74, 6) is 0.477. The molecule has 1 amide bonds. The fourth-order valence-corrected chi connectivity index (χ4v) is 2.65. The minimum atomic E-state index is 0.161. The van der Waals surface area contributed by atoms with Crippen LogP contribution >= 0.6 is 0 Å². The van der Waals surface area contributed by atoms with Gasteiger partial charge in [-0.3, -0.25) is 4.79 Å². The van der Waals surface area contributed by atoms with Crippen molar-refractivity contribution in [3.05, 3.63) is 0 Å². The van der Waals surface area contributed by atoms with E-state index in [1.807, 2.05) is 4.90 Å². The number of nitrogens with one attached hydrogen (secondary N) is 1. The smallest absolute Gasteiger partial charge is 0.227 e. The van der Waals surface area contributed by atoms with Crippen LogP contribution in [0.15, 0.2) is 0 Å². The molecule has 2 rings (SSSR count). The van der Waals surface area contributed by atoms with Crippen molar-refractivity contribution < 1.29 is 9.53 Å². The van der Waals surface area contributed by atoms with E-state index in [1.165, 1.54) is 0 Å². The van der Waals surface area contributed by atoms with Crippen LogP contribution in [0, 0.1) is 5.92 Å². The summed E-state index contributed by atoms with van der Waals surface area (Å²) in [7, 11) is 0. The second-order valence-electron chi connectivity index (χ2n) is 4.95. The fourth-order valence-electron chi connectivity index (χ4n) is 2.65. The molecule has 4 heteroatoms. The van der Waals surface area contributed by atoms with E-state index in [4.69, 9.17) is 4.74 Å². The lowest BCUT2D eigenvalue weighted by Crippen LogP contribution is -2.54. The van der Waals surface area contributed by atoms with E-state index in [0.29, 0.717) is 25.2 Å². The van der Waals surface area contributed by atoms with Crippen LogP contribution in [0.2, 0.25) is 0 Å². The van der Waals surface area contributed by atoms with Gasteiger partial charge in [0.25, 0.3) is 0 Å². The zero-order valence-corrected chi connectivity index (χ0v) is 10.2. The van der Waals surface area contributed by atoms with Crippen molar-refractivity contribution in [3.8, 4) is 0 Å². The molecular formula is C12H22N2O2. The van der Waals surface area contributed by atoms with Crippen molar-refractivity contribution in [2.45, 2.75) is 38.8 Å². The van der Waals surface area contributed by atoms with Crippen molar-refractivity contribution in [2.24, 2.45) is 5.92 Å². The zero-order valence-electron chi connectivity index (χ0n) is 10.2. The molecule has 2 aliphatic rings.